The molecule has 0 aliphatic heterocycles. The van der Waals surface area contributed by atoms with Crippen LogP contribution in [0.15, 0.2) is 40.9 Å². The predicted octanol–water partition coefficient (Wildman–Crippen LogP) is 5.29. The Morgan fingerprint density at radius 3 is 2.29 bits per heavy atom. The van der Waals surface area contributed by atoms with Crippen molar-refractivity contribution in [3.63, 3.8) is 0 Å². The third-order valence-corrected chi connectivity index (χ3v) is 4.10. The molecule has 0 aliphatic carbocycles. The third-order valence-electron chi connectivity index (χ3n) is 3.45. The Balaban J connectivity index is 2.43. The zero-order chi connectivity index (χ0) is 15.4. The van der Waals surface area contributed by atoms with Crippen molar-refractivity contribution in [2.45, 2.75) is 33.2 Å². The maximum absolute atomic E-state index is 13.9. The molecule has 1 atom stereocenters. The lowest BCUT2D eigenvalue weighted by Crippen LogP contribution is -2.23. The molecule has 0 fully saturated rings. The summed E-state index contributed by atoms with van der Waals surface area (Å²) in [6, 6.07) is 11.9. The lowest BCUT2D eigenvalue weighted by molar-refractivity contribution is 0.583. The van der Waals surface area contributed by atoms with E-state index >= 15 is 0 Å². The van der Waals surface area contributed by atoms with Crippen LogP contribution < -0.4 is 5.32 Å². The van der Waals surface area contributed by atoms with Gasteiger partial charge in [-0.05, 0) is 66.0 Å². The van der Waals surface area contributed by atoms with Gasteiger partial charge >= 0.3 is 0 Å². The number of halogens is 2. The predicted molar refractivity (Wildman–Crippen MR) is 90.2 cm³/mol. The summed E-state index contributed by atoms with van der Waals surface area (Å²) in [7, 11) is 0. The second kappa shape index (κ2) is 7.19. The monoisotopic (exact) mass is 349 g/mol. The molecular formula is C18H21BrFN. The van der Waals surface area contributed by atoms with Crippen molar-refractivity contribution >= 4 is 15.9 Å². The number of hydrogen-bond acceptors (Lipinski definition) is 1. The summed E-state index contributed by atoms with van der Waals surface area (Å²) in [5.41, 5.74) is 4.59. The van der Waals surface area contributed by atoms with Crippen LogP contribution in [0.1, 0.15) is 41.6 Å². The van der Waals surface area contributed by atoms with Crippen LogP contribution in [-0.4, -0.2) is 6.54 Å². The Bertz CT molecular complexity index is 604. The van der Waals surface area contributed by atoms with Gasteiger partial charge < -0.3 is 5.32 Å². The lowest BCUT2D eigenvalue weighted by Gasteiger charge is -2.21. The minimum atomic E-state index is -0.222. The highest BCUT2D eigenvalue weighted by atomic mass is 79.9. The maximum atomic E-state index is 13.9. The molecule has 0 bridgehead atoms. The normalized spacial score (nSPS) is 12.4. The van der Waals surface area contributed by atoms with Gasteiger partial charge in [0.25, 0.3) is 0 Å². The lowest BCUT2D eigenvalue weighted by atomic mass is 9.95. The molecule has 1 unspecified atom stereocenters. The number of benzene rings is 2. The van der Waals surface area contributed by atoms with E-state index in [1.54, 1.807) is 12.1 Å². The molecule has 0 spiro atoms. The fourth-order valence-electron chi connectivity index (χ4n) is 2.59. The summed E-state index contributed by atoms with van der Waals surface area (Å²) >= 11 is 3.22. The van der Waals surface area contributed by atoms with Crippen LogP contribution in [0.25, 0.3) is 0 Å². The van der Waals surface area contributed by atoms with E-state index in [0.29, 0.717) is 4.47 Å². The van der Waals surface area contributed by atoms with Crippen molar-refractivity contribution in [3.05, 3.63) is 68.9 Å². The van der Waals surface area contributed by atoms with Gasteiger partial charge in [-0.25, -0.2) is 4.39 Å². The Labute approximate surface area is 134 Å². The number of aryl methyl sites for hydroxylation is 2. The summed E-state index contributed by atoms with van der Waals surface area (Å²) in [5, 5.41) is 3.52. The quantitative estimate of drug-likeness (QED) is 0.772. The first-order valence-corrected chi connectivity index (χ1v) is 8.07. The van der Waals surface area contributed by atoms with Gasteiger partial charge in [-0.15, -0.1) is 0 Å². The standard InChI is InChI=1S/C18H21BrFN/c1-4-7-21-18(14-5-6-16(19)17(20)11-14)15-9-12(2)8-13(3)10-15/h5-6,8-11,18,21H,4,7H2,1-3H3. The molecular weight excluding hydrogens is 329 g/mol. The van der Waals surface area contributed by atoms with E-state index in [9.17, 15) is 4.39 Å². The van der Waals surface area contributed by atoms with Crippen molar-refractivity contribution < 1.29 is 4.39 Å². The fourth-order valence-corrected chi connectivity index (χ4v) is 2.83. The maximum Gasteiger partial charge on any atom is 0.137 e. The SMILES string of the molecule is CCCNC(c1cc(C)cc(C)c1)c1ccc(Br)c(F)c1. The minimum absolute atomic E-state index is 0.0196. The Hall–Kier alpha value is -1.19. The Morgan fingerprint density at radius 1 is 1.05 bits per heavy atom. The molecule has 3 heteroatoms. The molecule has 0 aliphatic rings. The highest BCUT2D eigenvalue weighted by Gasteiger charge is 2.15. The first-order valence-electron chi connectivity index (χ1n) is 7.27. The topological polar surface area (TPSA) is 12.0 Å². The van der Waals surface area contributed by atoms with Crippen molar-refractivity contribution in [1.29, 1.82) is 0 Å². The molecule has 2 rings (SSSR count). The van der Waals surface area contributed by atoms with E-state index < -0.39 is 0 Å². The number of rotatable bonds is 5. The van der Waals surface area contributed by atoms with Crippen LogP contribution in [0.5, 0.6) is 0 Å². The van der Waals surface area contributed by atoms with Crippen molar-refractivity contribution in [2.24, 2.45) is 0 Å². The molecule has 0 saturated heterocycles. The average molecular weight is 350 g/mol. The zero-order valence-corrected chi connectivity index (χ0v) is 14.3. The summed E-state index contributed by atoms with van der Waals surface area (Å²) in [4.78, 5) is 0. The van der Waals surface area contributed by atoms with Gasteiger partial charge in [-0.2, -0.15) is 0 Å². The van der Waals surface area contributed by atoms with Crippen molar-refractivity contribution in [3.8, 4) is 0 Å². The van der Waals surface area contributed by atoms with E-state index in [1.807, 2.05) is 6.07 Å². The summed E-state index contributed by atoms with van der Waals surface area (Å²) < 4.78 is 14.4. The summed E-state index contributed by atoms with van der Waals surface area (Å²) in [5.74, 6) is -0.222. The van der Waals surface area contributed by atoms with Crippen LogP contribution in [0.2, 0.25) is 0 Å². The van der Waals surface area contributed by atoms with Crippen molar-refractivity contribution in [2.75, 3.05) is 6.54 Å². The molecule has 1 nitrogen and oxygen atoms in total. The van der Waals surface area contributed by atoms with Crippen molar-refractivity contribution in [1.82, 2.24) is 5.32 Å². The molecule has 0 saturated carbocycles. The highest BCUT2D eigenvalue weighted by molar-refractivity contribution is 9.10. The Morgan fingerprint density at radius 2 is 1.71 bits per heavy atom. The van der Waals surface area contributed by atoms with Gasteiger partial charge in [0.2, 0.25) is 0 Å². The minimum Gasteiger partial charge on any atom is -0.306 e. The first-order chi connectivity index (χ1) is 10.0. The van der Waals surface area contributed by atoms with E-state index in [2.05, 4.69) is 60.2 Å². The molecule has 112 valence electrons. The van der Waals surface area contributed by atoms with Crippen LogP contribution in [0.3, 0.4) is 0 Å². The van der Waals surface area contributed by atoms with Crippen LogP contribution in [-0.2, 0) is 0 Å². The van der Waals surface area contributed by atoms with Gasteiger partial charge in [0.15, 0.2) is 0 Å². The smallest absolute Gasteiger partial charge is 0.137 e. The highest BCUT2D eigenvalue weighted by Crippen LogP contribution is 2.27. The van der Waals surface area contributed by atoms with E-state index in [4.69, 9.17) is 0 Å². The van der Waals surface area contributed by atoms with Gasteiger partial charge in [-0.3, -0.25) is 0 Å². The van der Waals surface area contributed by atoms with Crippen LogP contribution >= 0.6 is 15.9 Å². The molecule has 2 aromatic carbocycles. The van der Waals surface area contributed by atoms with E-state index in [-0.39, 0.29) is 11.9 Å². The second-order valence-corrected chi connectivity index (χ2v) is 6.34. The van der Waals surface area contributed by atoms with Crippen LogP contribution in [0, 0.1) is 19.7 Å². The molecule has 1 N–H and O–H groups in total. The number of hydrogen-bond donors (Lipinski definition) is 1. The second-order valence-electron chi connectivity index (χ2n) is 5.48. The summed E-state index contributed by atoms with van der Waals surface area (Å²) in [6.45, 7) is 7.22. The molecule has 21 heavy (non-hydrogen) atoms. The van der Waals surface area contributed by atoms with Gasteiger partial charge in [0, 0.05) is 0 Å². The largest absolute Gasteiger partial charge is 0.306 e. The molecule has 0 aromatic heterocycles. The number of nitrogens with one attached hydrogen (secondary N) is 1. The Kier molecular flexibility index (Phi) is 5.54. The fraction of sp³-hybridized carbons (Fsp3) is 0.333. The van der Waals surface area contributed by atoms with E-state index in [0.717, 1.165) is 18.5 Å². The molecule has 0 amide bonds. The first kappa shape index (κ1) is 16.2. The molecule has 0 radical (unpaired) electrons. The third kappa shape index (κ3) is 4.14. The van der Waals surface area contributed by atoms with E-state index in [1.165, 1.54) is 16.7 Å². The van der Waals surface area contributed by atoms with Gasteiger partial charge in [0.05, 0.1) is 10.5 Å². The average Bonchev–Trinajstić information content (AvgIpc) is 2.42. The molecule has 0 heterocycles. The van der Waals surface area contributed by atoms with Gasteiger partial charge in [-0.1, -0.05) is 42.3 Å². The summed E-state index contributed by atoms with van der Waals surface area (Å²) in [6.07, 6.45) is 1.04. The van der Waals surface area contributed by atoms with Gasteiger partial charge in [0.1, 0.15) is 5.82 Å². The molecule has 2 aromatic rings. The van der Waals surface area contributed by atoms with Crippen LogP contribution in [0.4, 0.5) is 4.39 Å². The zero-order valence-electron chi connectivity index (χ0n) is 12.7.